The Balaban J connectivity index is 2.18. The molecular formula is C14H29N3O2. The Morgan fingerprint density at radius 2 is 2.05 bits per heavy atom. The second kappa shape index (κ2) is 9.15. The maximum atomic E-state index is 11.9. The number of nitrogens with zero attached hydrogens (tertiary/aromatic N) is 2. The van der Waals surface area contributed by atoms with Gasteiger partial charge in [-0.05, 0) is 38.3 Å². The Bertz CT molecular complexity index is 247. The van der Waals surface area contributed by atoms with Crippen LogP contribution in [-0.2, 0) is 0 Å². The van der Waals surface area contributed by atoms with E-state index in [-0.39, 0.29) is 12.6 Å². The molecule has 1 aliphatic rings. The minimum absolute atomic E-state index is 0.0252. The van der Waals surface area contributed by atoms with Gasteiger partial charge in [0.1, 0.15) is 0 Å². The van der Waals surface area contributed by atoms with E-state index in [4.69, 9.17) is 5.11 Å². The zero-order chi connectivity index (χ0) is 14.1. The van der Waals surface area contributed by atoms with Gasteiger partial charge in [-0.25, -0.2) is 4.79 Å². The van der Waals surface area contributed by atoms with Gasteiger partial charge in [-0.15, -0.1) is 0 Å². The van der Waals surface area contributed by atoms with Crippen LogP contribution >= 0.6 is 0 Å². The molecule has 1 heterocycles. The van der Waals surface area contributed by atoms with Crippen molar-refractivity contribution in [2.75, 3.05) is 45.9 Å². The topological polar surface area (TPSA) is 55.8 Å². The molecule has 112 valence electrons. The van der Waals surface area contributed by atoms with Crippen LogP contribution in [0.4, 0.5) is 4.79 Å². The summed E-state index contributed by atoms with van der Waals surface area (Å²) in [7, 11) is 0. The van der Waals surface area contributed by atoms with Crippen molar-refractivity contribution in [3.63, 3.8) is 0 Å². The van der Waals surface area contributed by atoms with Gasteiger partial charge in [0.25, 0.3) is 0 Å². The molecule has 1 saturated heterocycles. The van der Waals surface area contributed by atoms with Crippen LogP contribution in [-0.4, -0.2) is 66.8 Å². The molecule has 0 radical (unpaired) electrons. The van der Waals surface area contributed by atoms with Crippen LogP contribution in [0.25, 0.3) is 0 Å². The molecule has 0 aromatic heterocycles. The number of carbonyl (C=O) groups excluding carboxylic acids is 1. The number of piperidine rings is 1. The number of likely N-dealkylation sites (tertiary alicyclic amines) is 1. The average molecular weight is 271 g/mol. The lowest BCUT2D eigenvalue weighted by molar-refractivity contribution is 0.169. The molecule has 0 aromatic carbocycles. The highest BCUT2D eigenvalue weighted by Gasteiger charge is 2.16. The minimum Gasteiger partial charge on any atom is -0.395 e. The lowest BCUT2D eigenvalue weighted by atomic mass is 9.99. The first-order valence-corrected chi connectivity index (χ1v) is 7.53. The summed E-state index contributed by atoms with van der Waals surface area (Å²) in [6, 6.07) is -0.0544. The van der Waals surface area contributed by atoms with Crippen molar-refractivity contribution in [1.82, 2.24) is 15.1 Å². The van der Waals surface area contributed by atoms with Crippen molar-refractivity contribution in [2.45, 2.75) is 33.1 Å². The van der Waals surface area contributed by atoms with Crippen molar-refractivity contribution in [3.8, 4) is 0 Å². The SMILES string of the molecule is CCCN(CCO)C(=O)NCCN1CCC(C)CC1. The number of carbonyl (C=O) groups is 1. The molecule has 1 aliphatic heterocycles. The van der Waals surface area contributed by atoms with E-state index in [0.717, 1.165) is 32.0 Å². The van der Waals surface area contributed by atoms with Gasteiger partial charge in [-0.2, -0.15) is 0 Å². The van der Waals surface area contributed by atoms with E-state index >= 15 is 0 Å². The molecular weight excluding hydrogens is 242 g/mol. The molecule has 0 aliphatic carbocycles. The fourth-order valence-electron chi connectivity index (χ4n) is 2.42. The summed E-state index contributed by atoms with van der Waals surface area (Å²) >= 11 is 0. The largest absolute Gasteiger partial charge is 0.395 e. The third-order valence-electron chi connectivity index (χ3n) is 3.73. The first kappa shape index (κ1) is 16.2. The summed E-state index contributed by atoms with van der Waals surface area (Å²) in [6.07, 6.45) is 3.44. The van der Waals surface area contributed by atoms with Gasteiger partial charge in [0.2, 0.25) is 0 Å². The molecule has 5 heteroatoms. The lowest BCUT2D eigenvalue weighted by Gasteiger charge is -2.30. The monoisotopic (exact) mass is 271 g/mol. The highest BCUT2D eigenvalue weighted by molar-refractivity contribution is 5.74. The molecule has 1 fully saturated rings. The summed E-state index contributed by atoms with van der Waals surface area (Å²) in [5.41, 5.74) is 0. The number of rotatable bonds is 7. The maximum absolute atomic E-state index is 11.9. The van der Waals surface area contributed by atoms with Crippen LogP contribution in [0.3, 0.4) is 0 Å². The van der Waals surface area contributed by atoms with Crippen molar-refractivity contribution >= 4 is 6.03 Å². The van der Waals surface area contributed by atoms with Crippen LogP contribution < -0.4 is 5.32 Å². The fourth-order valence-corrected chi connectivity index (χ4v) is 2.42. The number of amides is 2. The van der Waals surface area contributed by atoms with Crippen LogP contribution in [0.1, 0.15) is 33.1 Å². The van der Waals surface area contributed by atoms with E-state index in [1.807, 2.05) is 6.92 Å². The maximum Gasteiger partial charge on any atom is 0.317 e. The van der Waals surface area contributed by atoms with E-state index in [0.29, 0.717) is 19.6 Å². The van der Waals surface area contributed by atoms with Gasteiger partial charge >= 0.3 is 6.03 Å². The Kier molecular flexibility index (Phi) is 7.82. The second-order valence-electron chi connectivity index (χ2n) is 5.47. The van der Waals surface area contributed by atoms with Crippen molar-refractivity contribution < 1.29 is 9.90 Å². The summed E-state index contributed by atoms with van der Waals surface area (Å²) in [4.78, 5) is 16.0. The molecule has 0 bridgehead atoms. The predicted molar refractivity (Wildman–Crippen MR) is 77.2 cm³/mol. The van der Waals surface area contributed by atoms with Gasteiger partial charge in [0.15, 0.2) is 0 Å². The van der Waals surface area contributed by atoms with Crippen LogP contribution in [0.5, 0.6) is 0 Å². The van der Waals surface area contributed by atoms with Gasteiger partial charge in [0.05, 0.1) is 6.61 Å². The van der Waals surface area contributed by atoms with Crippen LogP contribution in [0, 0.1) is 5.92 Å². The number of aliphatic hydroxyl groups excluding tert-OH is 1. The molecule has 2 N–H and O–H groups in total. The van der Waals surface area contributed by atoms with Crippen molar-refractivity contribution in [2.24, 2.45) is 5.92 Å². The quantitative estimate of drug-likeness (QED) is 0.730. The Hall–Kier alpha value is -0.810. The highest BCUT2D eigenvalue weighted by atomic mass is 16.3. The average Bonchev–Trinajstić information content (AvgIpc) is 2.40. The van der Waals surface area contributed by atoms with Crippen LogP contribution in [0.2, 0.25) is 0 Å². The predicted octanol–water partition coefficient (Wildman–Crippen LogP) is 1.13. The summed E-state index contributed by atoms with van der Waals surface area (Å²) in [5.74, 6) is 0.843. The molecule has 1 rings (SSSR count). The first-order chi connectivity index (χ1) is 9.17. The summed E-state index contributed by atoms with van der Waals surface area (Å²) in [5, 5.41) is 11.9. The van der Waals surface area contributed by atoms with E-state index in [1.165, 1.54) is 12.8 Å². The standard InChI is InChI=1S/C14H29N3O2/c1-3-7-17(11-12-18)14(19)15-6-10-16-8-4-13(2)5-9-16/h13,18H,3-12H2,1-2H3,(H,15,19). The van der Waals surface area contributed by atoms with Gasteiger partial charge in [-0.3, -0.25) is 0 Å². The van der Waals surface area contributed by atoms with Gasteiger partial charge in [0, 0.05) is 26.2 Å². The van der Waals surface area contributed by atoms with Crippen molar-refractivity contribution in [1.29, 1.82) is 0 Å². The number of urea groups is 1. The fraction of sp³-hybridized carbons (Fsp3) is 0.929. The molecule has 0 atom stereocenters. The van der Waals surface area contributed by atoms with Crippen LogP contribution in [0.15, 0.2) is 0 Å². The minimum atomic E-state index is -0.0544. The van der Waals surface area contributed by atoms with Gasteiger partial charge < -0.3 is 20.2 Å². The number of aliphatic hydroxyl groups is 1. The van der Waals surface area contributed by atoms with E-state index in [9.17, 15) is 4.79 Å². The molecule has 0 saturated carbocycles. The third kappa shape index (κ3) is 6.25. The molecule has 19 heavy (non-hydrogen) atoms. The molecule has 0 aromatic rings. The Morgan fingerprint density at radius 3 is 2.63 bits per heavy atom. The second-order valence-corrected chi connectivity index (χ2v) is 5.47. The van der Waals surface area contributed by atoms with Crippen molar-refractivity contribution in [3.05, 3.63) is 0 Å². The lowest BCUT2D eigenvalue weighted by Crippen LogP contribution is -2.45. The summed E-state index contributed by atoms with van der Waals surface area (Å²) < 4.78 is 0. The Morgan fingerprint density at radius 1 is 1.37 bits per heavy atom. The third-order valence-corrected chi connectivity index (χ3v) is 3.73. The molecule has 5 nitrogen and oxygen atoms in total. The zero-order valence-electron chi connectivity index (χ0n) is 12.4. The van der Waals surface area contributed by atoms with E-state index in [2.05, 4.69) is 17.1 Å². The number of hydrogen-bond acceptors (Lipinski definition) is 3. The zero-order valence-corrected chi connectivity index (χ0v) is 12.4. The van der Waals surface area contributed by atoms with E-state index in [1.54, 1.807) is 4.90 Å². The molecule has 2 amide bonds. The summed E-state index contributed by atoms with van der Waals surface area (Å²) in [6.45, 7) is 9.39. The highest BCUT2D eigenvalue weighted by Crippen LogP contribution is 2.15. The Labute approximate surface area is 117 Å². The van der Waals surface area contributed by atoms with Gasteiger partial charge in [-0.1, -0.05) is 13.8 Å². The molecule has 0 unspecified atom stereocenters. The van der Waals surface area contributed by atoms with E-state index < -0.39 is 0 Å². The first-order valence-electron chi connectivity index (χ1n) is 7.53. The molecule has 0 spiro atoms. The smallest absolute Gasteiger partial charge is 0.317 e. The number of nitrogens with one attached hydrogen (secondary N) is 1. The normalized spacial score (nSPS) is 17.4. The number of hydrogen-bond donors (Lipinski definition) is 2.